The Balaban J connectivity index is 1.38. The first-order valence-electron chi connectivity index (χ1n) is 11.0. The molecule has 4 rings (SSSR count). The molecule has 0 radical (unpaired) electrons. The summed E-state index contributed by atoms with van der Waals surface area (Å²) in [6.45, 7) is 3.64. The van der Waals surface area contributed by atoms with Crippen LogP contribution in [-0.4, -0.2) is 35.7 Å². The van der Waals surface area contributed by atoms with Crippen molar-refractivity contribution in [3.63, 3.8) is 0 Å². The number of piperidine rings is 1. The fourth-order valence-corrected chi connectivity index (χ4v) is 3.99. The lowest BCUT2D eigenvalue weighted by atomic mass is 9.96. The van der Waals surface area contributed by atoms with Crippen LogP contribution in [0.5, 0.6) is 0 Å². The van der Waals surface area contributed by atoms with Gasteiger partial charge in [0.05, 0.1) is 17.2 Å². The summed E-state index contributed by atoms with van der Waals surface area (Å²) in [6.07, 6.45) is 3.52. The SMILES string of the molecule is Cc1ccc(CNC(=O)c2ccccc2NC(=O)C2CCCN(C(=O)C3CC3)C2)cc1. The number of hydrogen-bond acceptors (Lipinski definition) is 3. The third-order valence-corrected chi connectivity index (χ3v) is 6.03. The van der Waals surface area contributed by atoms with Gasteiger partial charge in [-0.15, -0.1) is 0 Å². The van der Waals surface area contributed by atoms with Crippen molar-refractivity contribution in [2.45, 2.75) is 39.2 Å². The molecule has 2 aliphatic rings. The number of nitrogens with one attached hydrogen (secondary N) is 2. The highest BCUT2D eigenvalue weighted by Crippen LogP contribution is 2.32. The van der Waals surface area contributed by atoms with Gasteiger partial charge in [0.25, 0.3) is 5.91 Å². The average molecular weight is 420 g/mol. The van der Waals surface area contributed by atoms with Crippen LogP contribution in [0.25, 0.3) is 0 Å². The molecular formula is C25H29N3O3. The van der Waals surface area contributed by atoms with E-state index in [0.29, 0.717) is 24.3 Å². The summed E-state index contributed by atoms with van der Waals surface area (Å²) in [5.41, 5.74) is 3.12. The standard InChI is InChI=1S/C25H29N3O3/c1-17-8-10-18(11-9-17)15-26-24(30)21-6-2-3-7-22(21)27-23(29)20-5-4-14-28(16-20)25(31)19-12-13-19/h2-3,6-11,19-20H,4-5,12-16H2,1H3,(H,26,30)(H,27,29). The number of rotatable bonds is 6. The van der Waals surface area contributed by atoms with E-state index in [1.807, 2.05) is 36.1 Å². The van der Waals surface area contributed by atoms with Gasteiger partial charge in [-0.05, 0) is 50.3 Å². The highest BCUT2D eigenvalue weighted by atomic mass is 16.2. The lowest BCUT2D eigenvalue weighted by Gasteiger charge is -2.32. The van der Waals surface area contributed by atoms with E-state index in [1.54, 1.807) is 24.3 Å². The van der Waals surface area contributed by atoms with Crippen molar-refractivity contribution >= 4 is 23.4 Å². The molecular weight excluding hydrogens is 390 g/mol. The number of carbonyl (C=O) groups is 3. The first-order valence-corrected chi connectivity index (χ1v) is 11.0. The second kappa shape index (κ2) is 9.33. The Hall–Kier alpha value is -3.15. The van der Waals surface area contributed by atoms with Crippen molar-refractivity contribution < 1.29 is 14.4 Å². The van der Waals surface area contributed by atoms with E-state index in [-0.39, 0.29) is 29.6 Å². The van der Waals surface area contributed by atoms with Crippen molar-refractivity contribution in [3.05, 3.63) is 65.2 Å². The Morgan fingerprint density at radius 2 is 1.71 bits per heavy atom. The second-order valence-corrected chi connectivity index (χ2v) is 8.60. The molecule has 6 heteroatoms. The second-order valence-electron chi connectivity index (χ2n) is 8.60. The predicted octanol–water partition coefficient (Wildman–Crippen LogP) is 3.51. The Kier molecular flexibility index (Phi) is 6.35. The zero-order chi connectivity index (χ0) is 21.8. The largest absolute Gasteiger partial charge is 0.348 e. The van der Waals surface area contributed by atoms with Crippen LogP contribution in [0.2, 0.25) is 0 Å². The molecule has 2 aromatic carbocycles. The van der Waals surface area contributed by atoms with Crippen LogP contribution in [0.3, 0.4) is 0 Å². The topological polar surface area (TPSA) is 78.5 Å². The summed E-state index contributed by atoms with van der Waals surface area (Å²) < 4.78 is 0. The molecule has 2 N–H and O–H groups in total. The molecule has 0 spiro atoms. The molecule has 1 aliphatic carbocycles. The maximum Gasteiger partial charge on any atom is 0.253 e. The van der Waals surface area contributed by atoms with Gasteiger partial charge in [0.15, 0.2) is 0 Å². The molecule has 1 heterocycles. The average Bonchev–Trinajstić information content (AvgIpc) is 3.64. The maximum atomic E-state index is 12.9. The first-order chi connectivity index (χ1) is 15.0. The molecule has 0 aromatic heterocycles. The minimum absolute atomic E-state index is 0.132. The van der Waals surface area contributed by atoms with Gasteiger partial charge in [0.2, 0.25) is 11.8 Å². The van der Waals surface area contributed by atoms with E-state index in [1.165, 1.54) is 5.56 Å². The number of aryl methyl sites for hydroxylation is 1. The molecule has 1 unspecified atom stereocenters. The molecule has 31 heavy (non-hydrogen) atoms. The minimum Gasteiger partial charge on any atom is -0.348 e. The fraction of sp³-hybridized carbons (Fsp3) is 0.400. The molecule has 2 aromatic rings. The van der Waals surface area contributed by atoms with Crippen LogP contribution in [0.15, 0.2) is 48.5 Å². The van der Waals surface area contributed by atoms with E-state index in [4.69, 9.17) is 0 Å². The third kappa shape index (κ3) is 5.32. The smallest absolute Gasteiger partial charge is 0.253 e. The van der Waals surface area contributed by atoms with Gasteiger partial charge in [0.1, 0.15) is 0 Å². The number of carbonyl (C=O) groups excluding carboxylic acids is 3. The van der Waals surface area contributed by atoms with Gasteiger partial charge >= 0.3 is 0 Å². The number of hydrogen-bond donors (Lipinski definition) is 2. The van der Waals surface area contributed by atoms with E-state index in [0.717, 1.165) is 37.8 Å². The molecule has 1 saturated heterocycles. The van der Waals surface area contributed by atoms with Gasteiger partial charge in [-0.25, -0.2) is 0 Å². The summed E-state index contributed by atoms with van der Waals surface area (Å²) in [5, 5.41) is 5.86. The summed E-state index contributed by atoms with van der Waals surface area (Å²) in [4.78, 5) is 39.9. The number of para-hydroxylation sites is 1. The normalized spacial score (nSPS) is 18.4. The van der Waals surface area contributed by atoms with Crippen molar-refractivity contribution in [2.24, 2.45) is 11.8 Å². The quantitative estimate of drug-likeness (QED) is 0.752. The molecule has 6 nitrogen and oxygen atoms in total. The van der Waals surface area contributed by atoms with Gasteiger partial charge in [-0.2, -0.15) is 0 Å². The lowest BCUT2D eigenvalue weighted by molar-refractivity contribution is -0.135. The number of anilines is 1. The van der Waals surface area contributed by atoms with E-state index in [2.05, 4.69) is 10.6 Å². The lowest BCUT2D eigenvalue weighted by Crippen LogP contribution is -2.44. The van der Waals surface area contributed by atoms with E-state index < -0.39 is 0 Å². The molecule has 162 valence electrons. The molecule has 1 atom stereocenters. The first kappa shape index (κ1) is 21.1. The molecule has 1 aliphatic heterocycles. The predicted molar refractivity (Wildman–Crippen MR) is 119 cm³/mol. The van der Waals surface area contributed by atoms with Crippen LogP contribution in [0.1, 0.15) is 47.2 Å². The zero-order valence-electron chi connectivity index (χ0n) is 17.9. The monoisotopic (exact) mass is 419 g/mol. The van der Waals surface area contributed by atoms with Crippen molar-refractivity contribution in [3.8, 4) is 0 Å². The zero-order valence-corrected chi connectivity index (χ0v) is 17.9. The third-order valence-electron chi connectivity index (χ3n) is 6.03. The van der Waals surface area contributed by atoms with E-state index >= 15 is 0 Å². The molecule has 2 fully saturated rings. The van der Waals surface area contributed by atoms with Crippen LogP contribution < -0.4 is 10.6 Å². The maximum absolute atomic E-state index is 12.9. The summed E-state index contributed by atoms with van der Waals surface area (Å²) in [6, 6.07) is 15.0. The fourth-order valence-electron chi connectivity index (χ4n) is 3.99. The van der Waals surface area contributed by atoms with Gasteiger partial charge in [-0.3, -0.25) is 14.4 Å². The van der Waals surface area contributed by atoms with Crippen molar-refractivity contribution in [1.29, 1.82) is 0 Å². The van der Waals surface area contributed by atoms with E-state index in [9.17, 15) is 14.4 Å². The minimum atomic E-state index is -0.250. The van der Waals surface area contributed by atoms with Crippen LogP contribution in [0, 0.1) is 18.8 Å². The number of nitrogens with zero attached hydrogens (tertiary/aromatic N) is 1. The number of likely N-dealkylation sites (tertiary alicyclic amines) is 1. The Morgan fingerprint density at radius 3 is 2.45 bits per heavy atom. The number of benzene rings is 2. The van der Waals surface area contributed by atoms with Crippen molar-refractivity contribution in [2.75, 3.05) is 18.4 Å². The van der Waals surface area contributed by atoms with Crippen LogP contribution in [0.4, 0.5) is 5.69 Å². The highest BCUT2D eigenvalue weighted by Gasteiger charge is 2.36. The summed E-state index contributed by atoms with van der Waals surface area (Å²) in [5.74, 6) is -0.258. The molecule has 3 amide bonds. The summed E-state index contributed by atoms with van der Waals surface area (Å²) >= 11 is 0. The van der Waals surface area contributed by atoms with Crippen molar-refractivity contribution in [1.82, 2.24) is 10.2 Å². The Labute approximate surface area is 183 Å². The molecule has 0 bridgehead atoms. The van der Waals surface area contributed by atoms with Gasteiger partial charge < -0.3 is 15.5 Å². The van der Waals surface area contributed by atoms with Gasteiger partial charge in [0, 0.05) is 25.6 Å². The van der Waals surface area contributed by atoms with Crippen LogP contribution in [-0.2, 0) is 16.1 Å². The molecule has 1 saturated carbocycles. The summed E-state index contributed by atoms with van der Waals surface area (Å²) in [7, 11) is 0. The van der Waals surface area contributed by atoms with Crippen LogP contribution >= 0.6 is 0 Å². The Bertz CT molecular complexity index is 966. The Morgan fingerprint density at radius 1 is 0.968 bits per heavy atom. The highest BCUT2D eigenvalue weighted by molar-refractivity contribution is 6.04. The number of amides is 3. The van der Waals surface area contributed by atoms with Gasteiger partial charge in [-0.1, -0.05) is 42.0 Å².